The Hall–Kier alpha value is -1.33. The number of nitrogens with zero attached hydrogens (tertiary/aromatic N) is 1. The molecule has 16 heavy (non-hydrogen) atoms. The number of halogens is 1. The molecule has 1 unspecified atom stereocenters. The summed E-state index contributed by atoms with van der Waals surface area (Å²) in [7, 11) is 1.91. The van der Waals surface area contributed by atoms with Crippen molar-refractivity contribution >= 4 is 32.8 Å². The van der Waals surface area contributed by atoms with Crippen molar-refractivity contribution in [3.8, 4) is 0 Å². The number of benzene rings is 1. The van der Waals surface area contributed by atoms with Gasteiger partial charge in [-0.05, 0) is 27.6 Å². The number of carboxylic acid groups (broad SMARTS) is 1. The molecule has 0 aliphatic rings. The summed E-state index contributed by atoms with van der Waals surface area (Å²) >= 11 is 3.42. The Morgan fingerprint density at radius 2 is 2.25 bits per heavy atom. The molecule has 84 valence electrons. The van der Waals surface area contributed by atoms with Crippen molar-refractivity contribution in [3.05, 3.63) is 34.4 Å². The molecule has 0 saturated carbocycles. The molecule has 5 heteroatoms. The second-order valence-electron chi connectivity index (χ2n) is 3.65. The smallest absolute Gasteiger partial charge is 0.325 e. The first-order valence-corrected chi connectivity index (χ1v) is 5.53. The molecule has 1 aromatic heterocycles. The molecule has 0 radical (unpaired) electrons. The van der Waals surface area contributed by atoms with Crippen molar-refractivity contribution in [2.24, 2.45) is 12.8 Å². The molecule has 0 spiro atoms. The van der Waals surface area contributed by atoms with Gasteiger partial charge in [0.15, 0.2) is 0 Å². The van der Waals surface area contributed by atoms with Gasteiger partial charge in [0, 0.05) is 28.6 Å². The van der Waals surface area contributed by atoms with Gasteiger partial charge in [0.2, 0.25) is 0 Å². The Morgan fingerprint density at radius 3 is 2.88 bits per heavy atom. The van der Waals surface area contributed by atoms with E-state index >= 15 is 0 Å². The molecule has 0 aliphatic carbocycles. The second-order valence-corrected chi connectivity index (χ2v) is 4.50. The highest BCUT2D eigenvalue weighted by Crippen LogP contribution is 2.31. The van der Waals surface area contributed by atoms with Gasteiger partial charge >= 0.3 is 5.97 Å². The molecular weight excluding hydrogens is 272 g/mol. The average molecular weight is 283 g/mol. The van der Waals surface area contributed by atoms with E-state index in [4.69, 9.17) is 10.8 Å². The highest BCUT2D eigenvalue weighted by molar-refractivity contribution is 9.10. The molecule has 1 heterocycles. The quantitative estimate of drug-likeness (QED) is 0.886. The third kappa shape index (κ3) is 1.62. The number of hydrogen-bond acceptors (Lipinski definition) is 2. The zero-order valence-electron chi connectivity index (χ0n) is 8.64. The van der Waals surface area contributed by atoms with E-state index in [2.05, 4.69) is 15.9 Å². The number of carbonyl (C=O) groups is 1. The number of nitrogens with two attached hydrogens (primary N) is 1. The van der Waals surface area contributed by atoms with Crippen LogP contribution in [-0.2, 0) is 11.8 Å². The minimum absolute atomic E-state index is 0.623. The molecule has 1 atom stereocenters. The summed E-state index contributed by atoms with van der Waals surface area (Å²) in [6.45, 7) is 0. The van der Waals surface area contributed by atoms with Crippen LogP contribution in [0.1, 0.15) is 11.6 Å². The van der Waals surface area contributed by atoms with Crippen LogP contribution in [0.25, 0.3) is 10.9 Å². The van der Waals surface area contributed by atoms with E-state index in [1.165, 1.54) is 0 Å². The number of carboxylic acids is 1. The number of aryl methyl sites for hydroxylation is 1. The van der Waals surface area contributed by atoms with E-state index in [1.54, 1.807) is 6.07 Å². The molecule has 2 rings (SSSR count). The summed E-state index contributed by atoms with van der Waals surface area (Å²) in [5.74, 6) is -1.02. The lowest BCUT2D eigenvalue weighted by molar-refractivity contribution is -0.138. The van der Waals surface area contributed by atoms with E-state index in [0.29, 0.717) is 5.56 Å². The van der Waals surface area contributed by atoms with E-state index in [1.807, 2.05) is 29.9 Å². The van der Waals surface area contributed by atoms with E-state index in [9.17, 15) is 4.79 Å². The lowest BCUT2D eigenvalue weighted by Gasteiger charge is -2.09. The summed E-state index contributed by atoms with van der Waals surface area (Å²) in [4.78, 5) is 10.9. The minimum atomic E-state index is -1.02. The van der Waals surface area contributed by atoms with Crippen molar-refractivity contribution in [1.29, 1.82) is 0 Å². The lowest BCUT2D eigenvalue weighted by Crippen LogP contribution is -2.20. The summed E-state index contributed by atoms with van der Waals surface area (Å²) in [6, 6.07) is 4.49. The molecule has 0 fully saturated rings. The van der Waals surface area contributed by atoms with Gasteiger partial charge in [-0.3, -0.25) is 4.79 Å². The first-order valence-electron chi connectivity index (χ1n) is 4.74. The average Bonchev–Trinajstić information content (AvgIpc) is 2.54. The largest absolute Gasteiger partial charge is 0.480 e. The molecule has 0 saturated heterocycles. The van der Waals surface area contributed by atoms with Gasteiger partial charge < -0.3 is 15.4 Å². The van der Waals surface area contributed by atoms with Crippen molar-refractivity contribution in [2.45, 2.75) is 6.04 Å². The Morgan fingerprint density at radius 1 is 1.56 bits per heavy atom. The van der Waals surface area contributed by atoms with E-state index in [0.717, 1.165) is 15.4 Å². The molecule has 1 aromatic carbocycles. The predicted octanol–water partition coefficient (Wildman–Crippen LogP) is 2.03. The van der Waals surface area contributed by atoms with Crippen LogP contribution in [0.15, 0.2) is 28.9 Å². The van der Waals surface area contributed by atoms with Gasteiger partial charge in [0.25, 0.3) is 0 Å². The zero-order valence-corrected chi connectivity index (χ0v) is 10.2. The van der Waals surface area contributed by atoms with E-state index < -0.39 is 12.0 Å². The monoisotopic (exact) mass is 282 g/mol. The van der Waals surface area contributed by atoms with Gasteiger partial charge in [-0.2, -0.15) is 0 Å². The normalized spacial score (nSPS) is 12.9. The second kappa shape index (κ2) is 3.92. The fourth-order valence-electron chi connectivity index (χ4n) is 1.81. The van der Waals surface area contributed by atoms with Crippen LogP contribution < -0.4 is 5.73 Å². The van der Waals surface area contributed by atoms with Crippen molar-refractivity contribution in [3.63, 3.8) is 0 Å². The minimum Gasteiger partial charge on any atom is -0.480 e. The highest BCUT2D eigenvalue weighted by Gasteiger charge is 2.19. The third-order valence-electron chi connectivity index (χ3n) is 2.60. The Kier molecular flexibility index (Phi) is 2.73. The highest BCUT2D eigenvalue weighted by atomic mass is 79.9. The summed E-state index contributed by atoms with van der Waals surface area (Å²) in [5, 5.41) is 9.81. The Labute approximate surface area is 101 Å². The van der Waals surface area contributed by atoms with E-state index in [-0.39, 0.29) is 0 Å². The molecule has 0 aliphatic heterocycles. The Bertz CT molecular complexity index is 562. The maximum atomic E-state index is 10.9. The van der Waals surface area contributed by atoms with Gasteiger partial charge in [0.05, 0.1) is 0 Å². The molecule has 2 aromatic rings. The SMILES string of the molecule is Cn1cc(Br)c2c(C(N)C(=O)O)cccc21. The summed E-state index contributed by atoms with van der Waals surface area (Å²) in [5.41, 5.74) is 7.23. The third-order valence-corrected chi connectivity index (χ3v) is 3.20. The predicted molar refractivity (Wildman–Crippen MR) is 65.2 cm³/mol. The van der Waals surface area contributed by atoms with Crippen molar-refractivity contribution in [1.82, 2.24) is 4.57 Å². The number of rotatable bonds is 2. The lowest BCUT2D eigenvalue weighted by atomic mass is 10.0. The van der Waals surface area contributed by atoms with Gasteiger partial charge in [-0.25, -0.2) is 0 Å². The Balaban J connectivity index is 2.75. The van der Waals surface area contributed by atoms with Gasteiger partial charge in [-0.1, -0.05) is 12.1 Å². The van der Waals surface area contributed by atoms with Gasteiger partial charge in [-0.15, -0.1) is 0 Å². The summed E-state index contributed by atoms with van der Waals surface area (Å²) < 4.78 is 2.79. The molecule has 0 bridgehead atoms. The summed E-state index contributed by atoms with van der Waals surface area (Å²) in [6.07, 6.45) is 1.89. The van der Waals surface area contributed by atoms with Crippen LogP contribution >= 0.6 is 15.9 Å². The maximum Gasteiger partial charge on any atom is 0.325 e. The van der Waals surface area contributed by atoms with Crippen LogP contribution in [0.2, 0.25) is 0 Å². The van der Waals surface area contributed by atoms with Crippen LogP contribution in [-0.4, -0.2) is 15.6 Å². The number of aromatic nitrogens is 1. The maximum absolute atomic E-state index is 10.9. The molecule has 4 nitrogen and oxygen atoms in total. The zero-order chi connectivity index (χ0) is 11.9. The van der Waals surface area contributed by atoms with Crippen LogP contribution in [0.5, 0.6) is 0 Å². The standard InChI is InChI=1S/C11H11BrN2O2/c1-14-5-7(12)9-6(10(13)11(15)16)3-2-4-8(9)14/h2-5,10H,13H2,1H3,(H,15,16). The molecular formula is C11H11BrN2O2. The van der Waals surface area contributed by atoms with Crippen molar-refractivity contribution < 1.29 is 9.90 Å². The first-order chi connectivity index (χ1) is 7.52. The topological polar surface area (TPSA) is 68.2 Å². The fraction of sp³-hybridized carbons (Fsp3) is 0.182. The fourth-order valence-corrected chi connectivity index (χ4v) is 2.55. The number of fused-ring (bicyclic) bond motifs is 1. The van der Waals surface area contributed by atoms with Gasteiger partial charge in [0.1, 0.15) is 6.04 Å². The van der Waals surface area contributed by atoms with Crippen LogP contribution in [0.4, 0.5) is 0 Å². The van der Waals surface area contributed by atoms with Crippen LogP contribution in [0, 0.1) is 0 Å². The van der Waals surface area contributed by atoms with Crippen molar-refractivity contribution in [2.75, 3.05) is 0 Å². The number of hydrogen-bond donors (Lipinski definition) is 2. The first kappa shape index (κ1) is 11.2. The molecule has 3 N–H and O–H groups in total. The van der Waals surface area contributed by atoms with Crippen LogP contribution in [0.3, 0.4) is 0 Å². The molecule has 0 amide bonds. The number of aliphatic carboxylic acids is 1.